The van der Waals surface area contributed by atoms with Crippen molar-refractivity contribution in [2.75, 3.05) is 13.2 Å². The highest BCUT2D eigenvalue weighted by molar-refractivity contribution is 7.89. The Morgan fingerprint density at radius 3 is 2.66 bits per heavy atom. The molecule has 0 aliphatic carbocycles. The van der Waals surface area contributed by atoms with Gasteiger partial charge >= 0.3 is 0 Å². The molecule has 0 atom stereocenters. The second-order valence-corrected chi connectivity index (χ2v) is 8.21. The van der Waals surface area contributed by atoms with Gasteiger partial charge in [0.15, 0.2) is 0 Å². The molecule has 3 rings (SSSR count). The van der Waals surface area contributed by atoms with Gasteiger partial charge in [-0.2, -0.15) is 4.31 Å². The van der Waals surface area contributed by atoms with Crippen LogP contribution in [0, 0.1) is 0 Å². The van der Waals surface area contributed by atoms with Crippen molar-refractivity contribution in [3.63, 3.8) is 0 Å². The quantitative estimate of drug-likeness (QED) is 0.432. The molecule has 29 heavy (non-hydrogen) atoms. The summed E-state index contributed by atoms with van der Waals surface area (Å²) in [5.41, 5.74) is 2.09. The molecule has 0 saturated heterocycles. The van der Waals surface area contributed by atoms with Crippen LogP contribution in [0.2, 0.25) is 0 Å². The summed E-state index contributed by atoms with van der Waals surface area (Å²) in [5, 5.41) is 10.4. The first kappa shape index (κ1) is 20.7. The number of carbonyl (C=O) groups excluding carboxylic acids is 1. The number of ether oxygens (including phenoxy) is 1. The van der Waals surface area contributed by atoms with Gasteiger partial charge in [0.25, 0.3) is 5.91 Å². The molecule has 152 valence electrons. The number of amides is 1. The van der Waals surface area contributed by atoms with Crippen LogP contribution in [-0.2, 0) is 21.4 Å². The SMILES string of the molecule is CCOc1ccc2ccc(S(=O)(=O)N(CC(=O)NO)Cc3cccnc3)cc2c1. The van der Waals surface area contributed by atoms with Crippen molar-refractivity contribution in [3.05, 3.63) is 66.5 Å². The van der Waals surface area contributed by atoms with E-state index in [2.05, 4.69) is 4.98 Å². The Kier molecular flexibility index (Phi) is 6.42. The Balaban J connectivity index is 2.00. The van der Waals surface area contributed by atoms with Gasteiger partial charge in [-0.05, 0) is 53.6 Å². The summed E-state index contributed by atoms with van der Waals surface area (Å²) < 4.78 is 33.0. The average Bonchev–Trinajstić information content (AvgIpc) is 2.73. The lowest BCUT2D eigenvalue weighted by Gasteiger charge is -2.21. The van der Waals surface area contributed by atoms with Gasteiger partial charge in [0.2, 0.25) is 10.0 Å². The van der Waals surface area contributed by atoms with Crippen LogP contribution in [0.25, 0.3) is 10.8 Å². The Morgan fingerprint density at radius 1 is 1.17 bits per heavy atom. The topological polar surface area (TPSA) is 109 Å². The molecule has 0 unspecified atom stereocenters. The van der Waals surface area contributed by atoms with Crippen molar-refractivity contribution in [2.45, 2.75) is 18.4 Å². The zero-order valence-corrected chi connectivity index (χ0v) is 16.6. The van der Waals surface area contributed by atoms with E-state index in [1.165, 1.54) is 17.7 Å². The number of rotatable bonds is 8. The molecular formula is C20H21N3O5S. The number of nitrogens with zero attached hydrogens (tertiary/aromatic N) is 2. The number of hydrogen-bond acceptors (Lipinski definition) is 6. The normalized spacial score (nSPS) is 11.6. The highest BCUT2D eigenvalue weighted by atomic mass is 32.2. The highest BCUT2D eigenvalue weighted by Crippen LogP contribution is 2.26. The third kappa shape index (κ3) is 4.89. The van der Waals surface area contributed by atoms with E-state index in [-0.39, 0.29) is 11.4 Å². The fraction of sp³-hybridized carbons (Fsp3) is 0.200. The minimum atomic E-state index is -4.03. The molecule has 0 aliphatic heterocycles. The van der Waals surface area contributed by atoms with Crippen LogP contribution in [0.3, 0.4) is 0 Å². The number of aromatic nitrogens is 1. The first-order chi connectivity index (χ1) is 13.9. The smallest absolute Gasteiger partial charge is 0.258 e. The Bertz CT molecular complexity index is 1100. The Hall–Kier alpha value is -3.01. The first-order valence-electron chi connectivity index (χ1n) is 8.92. The summed E-state index contributed by atoms with van der Waals surface area (Å²) in [7, 11) is -4.03. The van der Waals surface area contributed by atoms with E-state index in [0.717, 1.165) is 9.69 Å². The standard InChI is InChI=1S/C20H21N3O5S/c1-2-28-18-7-5-16-6-8-19(11-17(16)10-18)29(26,27)23(14-20(24)22-25)13-15-4-3-9-21-12-15/h3-12,25H,2,13-14H2,1H3,(H,22,24). The number of nitrogens with one attached hydrogen (secondary N) is 1. The second kappa shape index (κ2) is 8.99. The monoisotopic (exact) mass is 415 g/mol. The molecule has 1 heterocycles. The van der Waals surface area contributed by atoms with Gasteiger partial charge in [0.05, 0.1) is 18.0 Å². The fourth-order valence-electron chi connectivity index (χ4n) is 2.89. The van der Waals surface area contributed by atoms with Gasteiger partial charge in [0.1, 0.15) is 5.75 Å². The molecule has 2 N–H and O–H groups in total. The van der Waals surface area contributed by atoms with E-state index in [0.29, 0.717) is 23.3 Å². The number of benzene rings is 2. The lowest BCUT2D eigenvalue weighted by molar-refractivity contribution is -0.129. The molecule has 0 saturated carbocycles. The molecule has 0 spiro atoms. The van der Waals surface area contributed by atoms with Crippen LogP contribution in [0.5, 0.6) is 5.75 Å². The molecule has 8 nitrogen and oxygen atoms in total. The van der Waals surface area contributed by atoms with Gasteiger partial charge in [-0.1, -0.05) is 18.2 Å². The number of carbonyl (C=O) groups is 1. The van der Waals surface area contributed by atoms with E-state index < -0.39 is 22.5 Å². The van der Waals surface area contributed by atoms with Crippen LogP contribution < -0.4 is 10.2 Å². The summed E-state index contributed by atoms with van der Waals surface area (Å²) in [4.78, 5) is 15.7. The summed E-state index contributed by atoms with van der Waals surface area (Å²) in [6.45, 7) is 1.76. The van der Waals surface area contributed by atoms with Gasteiger partial charge in [-0.3, -0.25) is 15.0 Å². The van der Waals surface area contributed by atoms with Crippen LogP contribution in [0.1, 0.15) is 12.5 Å². The summed E-state index contributed by atoms with van der Waals surface area (Å²) >= 11 is 0. The predicted octanol–water partition coefficient (Wildman–Crippen LogP) is 2.33. The van der Waals surface area contributed by atoms with Crippen molar-refractivity contribution in [3.8, 4) is 5.75 Å². The third-order valence-electron chi connectivity index (χ3n) is 4.26. The van der Waals surface area contributed by atoms with E-state index in [1.807, 2.05) is 19.1 Å². The molecule has 2 aromatic carbocycles. The van der Waals surface area contributed by atoms with Gasteiger partial charge in [-0.25, -0.2) is 13.9 Å². The highest BCUT2D eigenvalue weighted by Gasteiger charge is 2.27. The lowest BCUT2D eigenvalue weighted by Crippen LogP contribution is -2.39. The van der Waals surface area contributed by atoms with Crippen LogP contribution in [0.15, 0.2) is 65.8 Å². The van der Waals surface area contributed by atoms with Crippen LogP contribution in [-0.4, -0.2) is 42.0 Å². The Morgan fingerprint density at radius 2 is 1.97 bits per heavy atom. The molecule has 1 aromatic heterocycles. The third-order valence-corrected chi connectivity index (χ3v) is 6.05. The lowest BCUT2D eigenvalue weighted by atomic mass is 10.1. The van der Waals surface area contributed by atoms with Crippen molar-refractivity contribution < 1.29 is 23.2 Å². The summed E-state index contributed by atoms with van der Waals surface area (Å²) in [5.74, 6) is -0.196. The molecule has 9 heteroatoms. The van der Waals surface area contributed by atoms with Crippen LogP contribution >= 0.6 is 0 Å². The number of pyridine rings is 1. The second-order valence-electron chi connectivity index (χ2n) is 6.27. The molecule has 0 fully saturated rings. The summed E-state index contributed by atoms with van der Waals surface area (Å²) in [6.07, 6.45) is 3.09. The molecule has 3 aromatic rings. The number of hydroxylamine groups is 1. The number of hydrogen-bond donors (Lipinski definition) is 2. The van der Waals surface area contributed by atoms with Crippen molar-refractivity contribution >= 4 is 26.7 Å². The van der Waals surface area contributed by atoms with E-state index in [4.69, 9.17) is 9.94 Å². The van der Waals surface area contributed by atoms with Gasteiger partial charge in [-0.15, -0.1) is 0 Å². The molecule has 0 radical (unpaired) electrons. The molecule has 1 amide bonds. The Labute approximate surface area is 168 Å². The molecule has 0 bridgehead atoms. The van der Waals surface area contributed by atoms with Gasteiger partial charge < -0.3 is 4.74 Å². The maximum atomic E-state index is 13.3. The zero-order chi connectivity index (χ0) is 20.9. The van der Waals surface area contributed by atoms with E-state index in [1.54, 1.807) is 36.5 Å². The number of fused-ring (bicyclic) bond motifs is 1. The first-order valence-corrected chi connectivity index (χ1v) is 10.4. The fourth-order valence-corrected chi connectivity index (χ4v) is 4.31. The average molecular weight is 415 g/mol. The van der Waals surface area contributed by atoms with E-state index >= 15 is 0 Å². The summed E-state index contributed by atoms with van der Waals surface area (Å²) in [6, 6.07) is 13.6. The van der Waals surface area contributed by atoms with E-state index in [9.17, 15) is 13.2 Å². The minimum Gasteiger partial charge on any atom is -0.494 e. The van der Waals surface area contributed by atoms with Crippen LogP contribution in [0.4, 0.5) is 0 Å². The largest absolute Gasteiger partial charge is 0.494 e. The minimum absolute atomic E-state index is 0.0354. The van der Waals surface area contributed by atoms with Crippen molar-refractivity contribution in [2.24, 2.45) is 0 Å². The zero-order valence-electron chi connectivity index (χ0n) is 15.8. The maximum absolute atomic E-state index is 13.3. The maximum Gasteiger partial charge on any atom is 0.258 e. The van der Waals surface area contributed by atoms with Gasteiger partial charge in [0, 0.05) is 18.9 Å². The molecule has 0 aliphatic rings. The number of sulfonamides is 1. The van der Waals surface area contributed by atoms with Crippen molar-refractivity contribution in [1.82, 2.24) is 14.8 Å². The molecular weight excluding hydrogens is 394 g/mol. The van der Waals surface area contributed by atoms with Crippen molar-refractivity contribution in [1.29, 1.82) is 0 Å². The predicted molar refractivity (Wildman–Crippen MR) is 107 cm³/mol.